The van der Waals surface area contributed by atoms with Gasteiger partial charge in [-0.1, -0.05) is 19.1 Å². The number of rotatable bonds is 6. The molecule has 0 aliphatic carbocycles. The number of aromatic nitrogens is 2. The minimum absolute atomic E-state index is 0.122. The van der Waals surface area contributed by atoms with Crippen molar-refractivity contribution in [2.75, 3.05) is 23.1 Å². The van der Waals surface area contributed by atoms with Gasteiger partial charge in [0.05, 0.1) is 22.5 Å². The van der Waals surface area contributed by atoms with Gasteiger partial charge in [-0.3, -0.25) is 13.7 Å². The molecule has 1 saturated heterocycles. The van der Waals surface area contributed by atoms with Crippen LogP contribution in [-0.2, 0) is 10.0 Å². The summed E-state index contributed by atoms with van der Waals surface area (Å²) in [5.41, 5.74) is 1.70. The Hall–Kier alpha value is -3.01. The lowest BCUT2D eigenvalue weighted by molar-refractivity contribution is 0.0704. The highest BCUT2D eigenvalue weighted by molar-refractivity contribution is 7.93. The molecular formula is C21H22F2N4O3S. The zero-order chi connectivity index (χ0) is 22.2. The highest BCUT2D eigenvalue weighted by Gasteiger charge is 2.28. The maximum Gasteiger partial charge on any atom is 0.320 e. The normalized spacial score (nSPS) is 16.7. The van der Waals surface area contributed by atoms with E-state index in [-0.39, 0.29) is 24.0 Å². The van der Waals surface area contributed by atoms with Crippen LogP contribution in [0.2, 0.25) is 0 Å². The Morgan fingerprint density at radius 3 is 2.52 bits per heavy atom. The fraction of sp³-hybridized carbons (Fsp3) is 0.333. The number of nitrogens with zero attached hydrogens (tertiary/aromatic N) is 3. The summed E-state index contributed by atoms with van der Waals surface area (Å²) in [6.07, 6.45) is 0.575. The van der Waals surface area contributed by atoms with Crippen LogP contribution in [0.4, 0.5) is 14.5 Å². The number of alkyl halides is 2. The van der Waals surface area contributed by atoms with Crippen LogP contribution in [0.1, 0.15) is 42.0 Å². The molecule has 2 heterocycles. The van der Waals surface area contributed by atoms with Crippen LogP contribution in [0.25, 0.3) is 11.0 Å². The van der Waals surface area contributed by atoms with Gasteiger partial charge in [0.15, 0.2) is 0 Å². The smallest absolute Gasteiger partial charge is 0.320 e. The zero-order valence-corrected chi connectivity index (χ0v) is 17.6. The summed E-state index contributed by atoms with van der Waals surface area (Å²) in [5.74, 6) is -0.496. The lowest BCUT2D eigenvalue weighted by Gasteiger charge is -2.17. The van der Waals surface area contributed by atoms with Gasteiger partial charge in [0.25, 0.3) is 5.91 Å². The van der Waals surface area contributed by atoms with Crippen LogP contribution in [0.3, 0.4) is 0 Å². The van der Waals surface area contributed by atoms with Gasteiger partial charge in [-0.05, 0) is 42.8 Å². The number of amides is 1. The van der Waals surface area contributed by atoms with Gasteiger partial charge in [-0.25, -0.2) is 13.4 Å². The zero-order valence-electron chi connectivity index (χ0n) is 16.8. The number of nitrogens with one attached hydrogen (secondary N) is 1. The third-order valence-electron chi connectivity index (χ3n) is 5.34. The minimum Gasteiger partial charge on any atom is -0.351 e. The molecule has 1 atom stereocenters. The summed E-state index contributed by atoms with van der Waals surface area (Å²) >= 11 is 0. The van der Waals surface area contributed by atoms with E-state index in [9.17, 15) is 22.0 Å². The predicted molar refractivity (Wildman–Crippen MR) is 114 cm³/mol. The van der Waals surface area contributed by atoms with E-state index in [1.807, 2.05) is 0 Å². The van der Waals surface area contributed by atoms with Crippen molar-refractivity contribution < 1.29 is 22.0 Å². The second kappa shape index (κ2) is 8.26. The van der Waals surface area contributed by atoms with Crippen molar-refractivity contribution in [1.82, 2.24) is 14.9 Å². The van der Waals surface area contributed by atoms with Gasteiger partial charge in [-0.2, -0.15) is 8.78 Å². The van der Waals surface area contributed by atoms with Gasteiger partial charge in [0.1, 0.15) is 5.82 Å². The van der Waals surface area contributed by atoms with E-state index in [0.29, 0.717) is 35.2 Å². The molecule has 10 heteroatoms. The number of imidazole rings is 1. The number of halogens is 2. The van der Waals surface area contributed by atoms with Crippen LogP contribution < -0.4 is 9.62 Å². The van der Waals surface area contributed by atoms with Crippen LogP contribution in [-0.4, -0.2) is 42.7 Å². The molecule has 0 bridgehead atoms. The van der Waals surface area contributed by atoms with E-state index >= 15 is 0 Å². The Morgan fingerprint density at radius 2 is 1.87 bits per heavy atom. The lowest BCUT2D eigenvalue weighted by Crippen LogP contribution is -2.29. The Kier molecular flexibility index (Phi) is 5.65. The number of benzene rings is 2. The number of fused-ring (bicyclic) bond motifs is 1. The number of anilines is 1. The number of carbonyl (C=O) groups excluding carboxylic acids is 1. The Morgan fingerprint density at radius 1 is 1.16 bits per heavy atom. The summed E-state index contributed by atoms with van der Waals surface area (Å²) in [6.45, 7) is -0.468. The number of sulfonamides is 1. The second-order valence-electron chi connectivity index (χ2n) is 7.51. The van der Waals surface area contributed by atoms with Crippen molar-refractivity contribution in [3.05, 3.63) is 59.9 Å². The molecule has 0 unspecified atom stereocenters. The van der Waals surface area contributed by atoms with Crippen LogP contribution in [0.15, 0.2) is 48.5 Å². The fourth-order valence-electron chi connectivity index (χ4n) is 3.76. The number of hydrogen-bond acceptors (Lipinski definition) is 4. The van der Waals surface area contributed by atoms with E-state index in [2.05, 4.69) is 10.3 Å². The van der Waals surface area contributed by atoms with Gasteiger partial charge < -0.3 is 5.32 Å². The van der Waals surface area contributed by atoms with Crippen molar-refractivity contribution in [3.8, 4) is 0 Å². The molecule has 0 radical (unpaired) electrons. The van der Waals surface area contributed by atoms with Gasteiger partial charge in [0.2, 0.25) is 10.0 Å². The van der Waals surface area contributed by atoms with Crippen molar-refractivity contribution in [2.45, 2.75) is 25.8 Å². The quantitative estimate of drug-likeness (QED) is 0.626. The van der Waals surface area contributed by atoms with Crippen molar-refractivity contribution in [1.29, 1.82) is 0 Å². The maximum absolute atomic E-state index is 13.6. The topological polar surface area (TPSA) is 84.3 Å². The molecule has 1 amide bonds. The third kappa shape index (κ3) is 4.12. The molecule has 0 saturated carbocycles. The maximum atomic E-state index is 13.6. The van der Waals surface area contributed by atoms with Gasteiger partial charge in [-0.15, -0.1) is 0 Å². The van der Waals surface area contributed by atoms with E-state index in [1.165, 1.54) is 4.31 Å². The fourth-order valence-corrected chi connectivity index (χ4v) is 5.33. The Bertz CT molecular complexity index is 1210. The minimum atomic E-state index is -3.29. The Labute approximate surface area is 178 Å². The Balaban J connectivity index is 1.45. The predicted octanol–water partition coefficient (Wildman–Crippen LogP) is 3.50. The largest absolute Gasteiger partial charge is 0.351 e. The lowest BCUT2D eigenvalue weighted by atomic mass is 10.1. The molecular weight excluding hydrogens is 426 g/mol. The molecule has 1 aliphatic heterocycles. The third-order valence-corrected chi connectivity index (χ3v) is 7.21. The first kappa shape index (κ1) is 21.2. The van der Waals surface area contributed by atoms with E-state index < -0.39 is 22.5 Å². The summed E-state index contributed by atoms with van der Waals surface area (Å²) in [7, 11) is -3.29. The first-order chi connectivity index (χ1) is 14.8. The van der Waals surface area contributed by atoms with Crippen molar-refractivity contribution in [3.63, 3.8) is 0 Å². The highest BCUT2D eigenvalue weighted by atomic mass is 32.2. The molecule has 1 N–H and O–H groups in total. The van der Waals surface area contributed by atoms with E-state index in [0.717, 1.165) is 4.57 Å². The molecule has 1 aliphatic rings. The SMILES string of the molecule is C[C@H](CNC(=O)c1ccc(N2CCCS2(=O)=O)cc1)c1nc2ccccc2n1C(F)F. The van der Waals surface area contributed by atoms with Gasteiger partial charge in [0, 0.05) is 24.6 Å². The summed E-state index contributed by atoms with van der Waals surface area (Å²) in [6, 6.07) is 13.0. The molecule has 2 aromatic carbocycles. The summed E-state index contributed by atoms with van der Waals surface area (Å²) in [5, 5.41) is 2.74. The number of para-hydroxylation sites is 2. The van der Waals surface area contributed by atoms with Crippen molar-refractivity contribution in [2.24, 2.45) is 0 Å². The molecule has 0 spiro atoms. The molecule has 1 aromatic heterocycles. The van der Waals surface area contributed by atoms with E-state index in [4.69, 9.17) is 0 Å². The first-order valence-corrected chi connectivity index (χ1v) is 11.5. The molecule has 3 aromatic rings. The van der Waals surface area contributed by atoms with E-state index in [1.54, 1.807) is 55.5 Å². The average molecular weight is 448 g/mol. The van der Waals surface area contributed by atoms with Gasteiger partial charge >= 0.3 is 6.55 Å². The monoisotopic (exact) mass is 448 g/mol. The molecule has 31 heavy (non-hydrogen) atoms. The number of carbonyl (C=O) groups is 1. The van der Waals surface area contributed by atoms with Crippen LogP contribution in [0, 0.1) is 0 Å². The van der Waals surface area contributed by atoms with Crippen LogP contribution in [0.5, 0.6) is 0 Å². The molecule has 7 nitrogen and oxygen atoms in total. The van der Waals surface area contributed by atoms with Crippen LogP contribution >= 0.6 is 0 Å². The standard InChI is InChI=1S/C21H22F2N4O3S/c1-14(19-25-17-5-2-3-6-18(17)27(19)21(22)23)13-24-20(28)15-7-9-16(10-8-15)26-11-4-12-31(26,29)30/h2-3,5-10,14,21H,4,11-13H2,1H3,(H,24,28)/t14-/m1/s1. The second-order valence-corrected chi connectivity index (χ2v) is 9.52. The first-order valence-electron chi connectivity index (χ1n) is 9.91. The average Bonchev–Trinajstić information content (AvgIpc) is 3.31. The number of hydrogen-bond donors (Lipinski definition) is 1. The molecule has 164 valence electrons. The molecule has 1 fully saturated rings. The summed E-state index contributed by atoms with van der Waals surface area (Å²) in [4.78, 5) is 16.8. The van der Waals surface area contributed by atoms with Crippen molar-refractivity contribution >= 4 is 32.7 Å². The summed E-state index contributed by atoms with van der Waals surface area (Å²) < 4.78 is 53.5. The highest BCUT2D eigenvalue weighted by Crippen LogP contribution is 2.27. The molecule has 4 rings (SSSR count).